The number of rotatable bonds is 9. The Bertz CT molecular complexity index is 1440. The lowest BCUT2D eigenvalue weighted by Crippen LogP contribution is -2.67. The van der Waals surface area contributed by atoms with Crippen LogP contribution in [0.2, 0.25) is 5.02 Å². The maximum Gasteiger partial charge on any atom is 0.247 e. The molecule has 5 rings (SSSR count). The number of aliphatic hydroxyl groups is 5. The second-order valence-corrected chi connectivity index (χ2v) is 11.9. The fraction of sp³-hybridized carbons (Fsp3) is 0.484. The smallest absolute Gasteiger partial charge is 0.247 e. The average Bonchev–Trinajstić information content (AvgIpc) is 3.61. The number of hydrogen-bond donors (Lipinski definition) is 6. The Balaban J connectivity index is 1.18. The standard InChI is InChI=1S/C31H36ClFN2O10/c1-14(31(41)34-23-26(38)28(40)30-29(27(23)39)42-13-43-30)8-16-6-7-21(20(33)10-16)45-22-11-19(24(36)25(22)37)15(2)35-44-12-17-4-3-5-18(32)9-17/h3-10,19,22-30,36-40H,11-13H2,1-2H3,(H,34,41)/t19-,22-,23?,24-,25+,26+,27-,28-,29?,30-/m1/s1. The number of benzene rings is 2. The van der Waals surface area contributed by atoms with Gasteiger partial charge in [0.25, 0.3) is 0 Å². The van der Waals surface area contributed by atoms with Gasteiger partial charge in [-0.3, -0.25) is 4.79 Å². The Labute approximate surface area is 263 Å². The molecule has 2 saturated carbocycles. The summed E-state index contributed by atoms with van der Waals surface area (Å²) < 4.78 is 31.3. The molecule has 6 N–H and O–H groups in total. The number of ether oxygens (including phenoxy) is 3. The van der Waals surface area contributed by atoms with Crippen molar-refractivity contribution >= 4 is 29.3 Å². The molecule has 1 saturated heterocycles. The van der Waals surface area contributed by atoms with E-state index in [0.29, 0.717) is 16.3 Å². The Kier molecular flexibility index (Phi) is 10.4. The number of oxime groups is 1. The number of halogens is 2. The van der Waals surface area contributed by atoms with E-state index in [1.165, 1.54) is 25.1 Å². The van der Waals surface area contributed by atoms with Crippen molar-refractivity contribution in [3.63, 3.8) is 0 Å². The predicted molar refractivity (Wildman–Crippen MR) is 159 cm³/mol. The van der Waals surface area contributed by atoms with Gasteiger partial charge in [0.05, 0.1) is 17.9 Å². The molecule has 1 aliphatic heterocycles. The van der Waals surface area contributed by atoms with Crippen molar-refractivity contribution < 1.29 is 53.8 Å². The molecule has 2 unspecified atom stereocenters. The largest absolute Gasteiger partial charge is 0.485 e. The molecule has 3 fully saturated rings. The number of carbonyl (C=O) groups excluding carboxylic acids is 1. The topological polar surface area (TPSA) is 180 Å². The van der Waals surface area contributed by atoms with Crippen LogP contribution in [-0.4, -0.2) is 98.8 Å². The van der Waals surface area contributed by atoms with Crippen LogP contribution in [0.5, 0.6) is 5.75 Å². The zero-order valence-electron chi connectivity index (χ0n) is 24.5. The molecule has 2 aromatic rings. The summed E-state index contributed by atoms with van der Waals surface area (Å²) in [5.41, 5.74) is 1.70. The van der Waals surface area contributed by atoms with Crippen molar-refractivity contribution in [2.75, 3.05) is 6.79 Å². The van der Waals surface area contributed by atoms with Crippen molar-refractivity contribution in [3.8, 4) is 5.75 Å². The minimum Gasteiger partial charge on any atom is -0.485 e. The molecule has 14 heteroatoms. The summed E-state index contributed by atoms with van der Waals surface area (Å²) in [6.45, 7) is 3.13. The molecule has 1 amide bonds. The second kappa shape index (κ2) is 14.1. The summed E-state index contributed by atoms with van der Waals surface area (Å²) in [6.07, 6.45) is -7.94. The van der Waals surface area contributed by atoms with Crippen LogP contribution < -0.4 is 10.1 Å². The predicted octanol–water partition coefficient (Wildman–Crippen LogP) is 1.29. The van der Waals surface area contributed by atoms with E-state index < -0.39 is 72.5 Å². The highest BCUT2D eigenvalue weighted by Crippen LogP contribution is 2.33. The molecule has 244 valence electrons. The molecule has 0 bridgehead atoms. The molecule has 0 radical (unpaired) electrons. The van der Waals surface area contributed by atoms with E-state index in [2.05, 4.69) is 10.5 Å². The number of hydrogen-bond acceptors (Lipinski definition) is 11. The van der Waals surface area contributed by atoms with Gasteiger partial charge >= 0.3 is 0 Å². The van der Waals surface area contributed by atoms with Crippen LogP contribution in [-0.2, 0) is 25.7 Å². The Morgan fingerprint density at radius 3 is 2.47 bits per heavy atom. The van der Waals surface area contributed by atoms with Crippen molar-refractivity contribution in [3.05, 3.63) is 70.0 Å². The lowest BCUT2D eigenvalue weighted by atomic mass is 9.83. The first-order valence-electron chi connectivity index (χ1n) is 14.4. The molecule has 45 heavy (non-hydrogen) atoms. The van der Waals surface area contributed by atoms with Gasteiger partial charge in [-0.25, -0.2) is 4.39 Å². The quantitative estimate of drug-likeness (QED) is 0.132. The van der Waals surface area contributed by atoms with Gasteiger partial charge in [0.2, 0.25) is 5.91 Å². The number of nitrogens with one attached hydrogen (secondary N) is 1. The molecular weight excluding hydrogens is 615 g/mol. The molecule has 3 aliphatic rings. The highest BCUT2D eigenvalue weighted by Gasteiger charge is 2.53. The summed E-state index contributed by atoms with van der Waals surface area (Å²) in [5, 5.41) is 59.7. The van der Waals surface area contributed by atoms with E-state index in [1.54, 1.807) is 25.1 Å². The van der Waals surface area contributed by atoms with Gasteiger partial charge < -0.3 is 49.9 Å². The molecule has 2 aromatic carbocycles. The van der Waals surface area contributed by atoms with Crippen LogP contribution in [0.4, 0.5) is 4.39 Å². The average molecular weight is 651 g/mol. The van der Waals surface area contributed by atoms with Gasteiger partial charge in [0, 0.05) is 16.5 Å². The minimum atomic E-state index is -1.51. The van der Waals surface area contributed by atoms with Crippen LogP contribution in [0.1, 0.15) is 31.4 Å². The first-order chi connectivity index (χ1) is 21.4. The van der Waals surface area contributed by atoms with E-state index in [-0.39, 0.29) is 31.1 Å². The monoisotopic (exact) mass is 650 g/mol. The second-order valence-electron chi connectivity index (χ2n) is 11.5. The molecule has 1 heterocycles. The molecule has 10 atom stereocenters. The number of aliphatic hydroxyl groups excluding tert-OH is 5. The van der Waals surface area contributed by atoms with Gasteiger partial charge in [-0.2, -0.15) is 0 Å². The molecular formula is C31H36ClFN2O10. The number of nitrogens with zero attached hydrogens (tertiary/aromatic N) is 1. The minimum absolute atomic E-state index is 0.132. The zero-order valence-corrected chi connectivity index (χ0v) is 25.3. The third-order valence-electron chi connectivity index (χ3n) is 8.37. The Morgan fingerprint density at radius 1 is 1.02 bits per heavy atom. The van der Waals surface area contributed by atoms with Crippen LogP contribution in [0, 0.1) is 11.7 Å². The number of amides is 1. The van der Waals surface area contributed by atoms with Crippen molar-refractivity contribution in [2.24, 2.45) is 11.1 Å². The van der Waals surface area contributed by atoms with Gasteiger partial charge in [0.15, 0.2) is 11.6 Å². The Morgan fingerprint density at radius 2 is 1.76 bits per heavy atom. The van der Waals surface area contributed by atoms with Crippen molar-refractivity contribution in [1.82, 2.24) is 5.32 Å². The zero-order chi connectivity index (χ0) is 32.4. The fourth-order valence-corrected chi connectivity index (χ4v) is 6.04. The van der Waals surface area contributed by atoms with Gasteiger partial charge in [-0.15, -0.1) is 0 Å². The highest BCUT2D eigenvalue weighted by atomic mass is 35.5. The summed E-state index contributed by atoms with van der Waals surface area (Å²) in [4.78, 5) is 18.2. The van der Waals surface area contributed by atoms with E-state index in [0.717, 1.165) is 11.6 Å². The maximum absolute atomic E-state index is 15.1. The SMILES string of the molecule is CC(=Cc1ccc(O[C@@H]2C[C@H](C(C)=NOCc3cccc(Cl)c3)[C@@H](O)[C@H]2O)c(F)c1)C(=O)NC1[C@@H](O)C2OCO[C@@H]2[C@H](O)[C@H]1O. The molecule has 12 nitrogen and oxygen atoms in total. The molecule has 0 aromatic heterocycles. The lowest BCUT2D eigenvalue weighted by Gasteiger charge is -2.41. The third-order valence-corrected chi connectivity index (χ3v) is 8.61. The lowest BCUT2D eigenvalue weighted by molar-refractivity contribution is -0.155. The summed E-state index contributed by atoms with van der Waals surface area (Å²) in [7, 11) is 0. The number of carbonyl (C=O) groups is 1. The van der Waals surface area contributed by atoms with E-state index in [1.807, 2.05) is 6.07 Å². The van der Waals surface area contributed by atoms with Gasteiger partial charge in [-0.05, 0) is 61.7 Å². The van der Waals surface area contributed by atoms with Crippen LogP contribution in [0.25, 0.3) is 6.08 Å². The van der Waals surface area contributed by atoms with Crippen molar-refractivity contribution in [1.29, 1.82) is 0 Å². The maximum atomic E-state index is 15.1. The van der Waals surface area contributed by atoms with Crippen molar-refractivity contribution in [2.45, 2.75) is 81.7 Å². The summed E-state index contributed by atoms with van der Waals surface area (Å²) >= 11 is 5.98. The fourth-order valence-electron chi connectivity index (χ4n) is 5.83. The van der Waals surface area contributed by atoms with E-state index in [4.69, 9.17) is 30.6 Å². The van der Waals surface area contributed by atoms with Crippen LogP contribution in [0.15, 0.2) is 53.2 Å². The highest BCUT2D eigenvalue weighted by molar-refractivity contribution is 6.30. The molecule has 2 aliphatic carbocycles. The third kappa shape index (κ3) is 7.31. The first-order valence-corrected chi connectivity index (χ1v) is 14.8. The van der Waals surface area contributed by atoms with E-state index in [9.17, 15) is 30.3 Å². The van der Waals surface area contributed by atoms with Crippen LogP contribution >= 0.6 is 11.6 Å². The Hall–Kier alpha value is -3.14. The summed E-state index contributed by atoms with van der Waals surface area (Å²) in [6, 6.07) is 9.86. The van der Waals surface area contributed by atoms with Gasteiger partial charge in [0.1, 0.15) is 56.1 Å². The molecule has 0 spiro atoms. The van der Waals surface area contributed by atoms with Crippen LogP contribution in [0.3, 0.4) is 0 Å². The number of fused-ring (bicyclic) bond motifs is 1. The normalized spacial score (nSPS) is 33.5. The van der Waals surface area contributed by atoms with E-state index >= 15 is 4.39 Å². The van der Waals surface area contributed by atoms with Gasteiger partial charge in [-0.1, -0.05) is 35.0 Å². The first kappa shape index (κ1) is 33.2. The summed E-state index contributed by atoms with van der Waals surface area (Å²) in [5.74, 6) is -2.17.